The highest BCUT2D eigenvalue weighted by molar-refractivity contribution is 7.89. The highest BCUT2D eigenvalue weighted by Crippen LogP contribution is 2.18. The number of amides is 1. The quantitative estimate of drug-likeness (QED) is 0.653. The van der Waals surface area contributed by atoms with Crippen LogP contribution in [0.25, 0.3) is 0 Å². The number of rotatable bonds is 6. The van der Waals surface area contributed by atoms with Gasteiger partial charge in [0.25, 0.3) is 5.91 Å². The molecule has 118 valence electrons. The van der Waals surface area contributed by atoms with Crippen molar-refractivity contribution in [1.82, 2.24) is 15.4 Å². The van der Waals surface area contributed by atoms with Gasteiger partial charge in [0.1, 0.15) is 0 Å². The summed E-state index contributed by atoms with van der Waals surface area (Å²) in [5, 5.41) is 5.75. The Balaban J connectivity index is 0.00000220. The fourth-order valence-corrected chi connectivity index (χ4v) is 3.15. The molecule has 0 aliphatic carbocycles. The number of hydrogen-bond acceptors (Lipinski definition) is 4. The summed E-state index contributed by atoms with van der Waals surface area (Å²) in [7, 11) is -3.57. The molecule has 0 bridgehead atoms. The summed E-state index contributed by atoms with van der Waals surface area (Å²) in [5.41, 5.74) is 1.34. The third kappa shape index (κ3) is 4.41. The van der Waals surface area contributed by atoms with Gasteiger partial charge in [0.2, 0.25) is 10.0 Å². The number of fused-ring (bicyclic) bond motifs is 1. The molecule has 1 aliphatic heterocycles. The third-order valence-electron chi connectivity index (χ3n) is 3.16. The summed E-state index contributed by atoms with van der Waals surface area (Å²) in [5.74, 6) is -0.212. The Hall–Kier alpha value is -1.15. The number of carbonyl (C=O) groups excluding carboxylic acids is 1. The molecule has 0 unspecified atom stereocenters. The molecule has 2 rings (SSSR count). The van der Waals surface area contributed by atoms with Crippen LogP contribution in [0.2, 0.25) is 0 Å². The van der Waals surface area contributed by atoms with Gasteiger partial charge in [-0.2, -0.15) is 0 Å². The van der Waals surface area contributed by atoms with Gasteiger partial charge in [-0.1, -0.05) is 13.0 Å². The maximum absolute atomic E-state index is 12.1. The Morgan fingerprint density at radius 1 is 1.29 bits per heavy atom. The standard InChI is InChI=1S/C13H19N3O3S.ClH/c1-2-14-7-8-16-20(18,19)11-4-3-10-5-6-15-13(17)12(10)9-11;/h3-4,9,14,16H,2,5-8H2,1H3,(H,15,17);1H. The Morgan fingerprint density at radius 2 is 2.05 bits per heavy atom. The van der Waals surface area contributed by atoms with E-state index in [4.69, 9.17) is 0 Å². The molecule has 0 radical (unpaired) electrons. The summed E-state index contributed by atoms with van der Waals surface area (Å²) in [6.45, 7) is 4.23. The van der Waals surface area contributed by atoms with E-state index in [-0.39, 0.29) is 23.2 Å². The first kappa shape index (κ1) is 17.9. The molecule has 6 nitrogen and oxygen atoms in total. The summed E-state index contributed by atoms with van der Waals surface area (Å²) in [6.07, 6.45) is 0.731. The maximum atomic E-state index is 12.1. The summed E-state index contributed by atoms with van der Waals surface area (Å²) in [4.78, 5) is 11.9. The first-order valence-corrected chi connectivity index (χ1v) is 8.14. The molecule has 0 atom stereocenters. The topological polar surface area (TPSA) is 87.3 Å². The highest BCUT2D eigenvalue weighted by Gasteiger charge is 2.21. The van der Waals surface area contributed by atoms with Crippen LogP contribution in [0.5, 0.6) is 0 Å². The second kappa shape index (κ2) is 7.74. The molecule has 21 heavy (non-hydrogen) atoms. The number of halogens is 1. The average Bonchev–Trinajstić information content (AvgIpc) is 2.44. The van der Waals surface area contributed by atoms with Crippen LogP contribution in [-0.4, -0.2) is 40.5 Å². The largest absolute Gasteiger partial charge is 0.352 e. The average molecular weight is 334 g/mol. The second-order valence-corrected chi connectivity index (χ2v) is 6.34. The van der Waals surface area contributed by atoms with Gasteiger partial charge in [-0.15, -0.1) is 12.4 Å². The lowest BCUT2D eigenvalue weighted by molar-refractivity contribution is 0.0946. The van der Waals surface area contributed by atoms with Gasteiger partial charge < -0.3 is 10.6 Å². The fraction of sp³-hybridized carbons (Fsp3) is 0.462. The minimum atomic E-state index is -3.57. The van der Waals surface area contributed by atoms with Gasteiger partial charge in [0, 0.05) is 25.2 Å². The smallest absolute Gasteiger partial charge is 0.251 e. The van der Waals surface area contributed by atoms with Crippen LogP contribution in [0, 0.1) is 0 Å². The lowest BCUT2D eigenvalue weighted by Crippen LogP contribution is -2.33. The van der Waals surface area contributed by atoms with Gasteiger partial charge in [-0.3, -0.25) is 4.79 Å². The molecule has 1 heterocycles. The van der Waals surface area contributed by atoms with Gasteiger partial charge >= 0.3 is 0 Å². The zero-order valence-electron chi connectivity index (χ0n) is 11.8. The molecule has 1 aromatic rings. The van der Waals surface area contributed by atoms with Crippen molar-refractivity contribution in [3.05, 3.63) is 29.3 Å². The number of carbonyl (C=O) groups is 1. The molecule has 1 amide bonds. The fourth-order valence-electron chi connectivity index (χ4n) is 2.09. The molecule has 1 aromatic carbocycles. The van der Waals surface area contributed by atoms with Crippen LogP contribution in [-0.2, 0) is 16.4 Å². The zero-order valence-corrected chi connectivity index (χ0v) is 13.4. The van der Waals surface area contributed by atoms with Gasteiger partial charge in [0.05, 0.1) is 4.90 Å². The van der Waals surface area contributed by atoms with Crippen molar-refractivity contribution >= 4 is 28.3 Å². The molecule has 0 spiro atoms. The summed E-state index contributed by atoms with van der Waals surface area (Å²) < 4.78 is 26.7. The maximum Gasteiger partial charge on any atom is 0.251 e. The zero-order chi connectivity index (χ0) is 14.6. The Kier molecular flexibility index (Phi) is 6.60. The van der Waals surface area contributed by atoms with Crippen LogP contribution in [0.3, 0.4) is 0 Å². The predicted octanol–water partition coefficient (Wildman–Crippen LogP) is 0.282. The van der Waals surface area contributed by atoms with Crippen LogP contribution in [0.4, 0.5) is 0 Å². The SMILES string of the molecule is CCNCCNS(=O)(=O)c1ccc2c(c1)C(=O)NCC2.Cl. The van der Waals surface area contributed by atoms with Crippen molar-refractivity contribution in [2.45, 2.75) is 18.2 Å². The second-order valence-electron chi connectivity index (χ2n) is 4.58. The summed E-state index contributed by atoms with van der Waals surface area (Å²) >= 11 is 0. The van der Waals surface area contributed by atoms with Crippen molar-refractivity contribution in [2.24, 2.45) is 0 Å². The molecule has 8 heteroatoms. The molecule has 0 saturated carbocycles. The number of nitrogens with one attached hydrogen (secondary N) is 3. The monoisotopic (exact) mass is 333 g/mol. The van der Waals surface area contributed by atoms with E-state index in [1.165, 1.54) is 6.07 Å². The van der Waals surface area contributed by atoms with Crippen molar-refractivity contribution < 1.29 is 13.2 Å². The summed E-state index contributed by atoms with van der Waals surface area (Å²) in [6, 6.07) is 4.71. The van der Waals surface area contributed by atoms with E-state index >= 15 is 0 Å². The molecular weight excluding hydrogens is 314 g/mol. The highest BCUT2D eigenvalue weighted by atomic mass is 35.5. The van der Waals surface area contributed by atoms with Crippen LogP contribution in [0.15, 0.2) is 23.1 Å². The number of likely N-dealkylation sites (N-methyl/N-ethyl adjacent to an activating group) is 1. The van der Waals surface area contributed by atoms with Crippen molar-refractivity contribution in [3.8, 4) is 0 Å². The lowest BCUT2D eigenvalue weighted by atomic mass is 10.0. The van der Waals surface area contributed by atoms with Crippen molar-refractivity contribution in [3.63, 3.8) is 0 Å². The van der Waals surface area contributed by atoms with E-state index in [1.54, 1.807) is 12.1 Å². The number of benzene rings is 1. The Labute approximate surface area is 131 Å². The normalized spacial score (nSPS) is 14.0. The van der Waals surface area contributed by atoms with E-state index in [0.29, 0.717) is 25.2 Å². The van der Waals surface area contributed by atoms with Gasteiger partial charge in [-0.25, -0.2) is 13.1 Å². The molecular formula is C13H20ClN3O3S. The lowest BCUT2D eigenvalue weighted by Gasteiger charge is -2.17. The first-order chi connectivity index (χ1) is 9.54. The van der Waals surface area contributed by atoms with E-state index in [1.807, 2.05) is 6.92 Å². The van der Waals surface area contributed by atoms with Crippen molar-refractivity contribution in [2.75, 3.05) is 26.2 Å². The number of hydrogen-bond donors (Lipinski definition) is 3. The third-order valence-corrected chi connectivity index (χ3v) is 4.62. The molecule has 3 N–H and O–H groups in total. The minimum absolute atomic E-state index is 0. The van der Waals surface area contributed by atoms with Crippen LogP contribution < -0.4 is 15.4 Å². The van der Waals surface area contributed by atoms with Gasteiger partial charge in [0.15, 0.2) is 0 Å². The minimum Gasteiger partial charge on any atom is -0.352 e. The molecule has 0 fully saturated rings. The van der Waals surface area contributed by atoms with E-state index in [9.17, 15) is 13.2 Å². The predicted molar refractivity (Wildman–Crippen MR) is 83.5 cm³/mol. The van der Waals surface area contributed by atoms with E-state index in [2.05, 4.69) is 15.4 Å². The van der Waals surface area contributed by atoms with E-state index in [0.717, 1.165) is 18.5 Å². The molecule has 0 saturated heterocycles. The van der Waals surface area contributed by atoms with Crippen LogP contribution in [0.1, 0.15) is 22.8 Å². The van der Waals surface area contributed by atoms with Gasteiger partial charge in [-0.05, 0) is 30.7 Å². The van der Waals surface area contributed by atoms with Crippen LogP contribution >= 0.6 is 12.4 Å². The molecule has 0 aromatic heterocycles. The van der Waals surface area contributed by atoms with E-state index < -0.39 is 10.0 Å². The Bertz CT molecular complexity index is 605. The number of sulfonamides is 1. The first-order valence-electron chi connectivity index (χ1n) is 6.66. The Morgan fingerprint density at radius 3 is 2.76 bits per heavy atom. The van der Waals surface area contributed by atoms with Crippen molar-refractivity contribution in [1.29, 1.82) is 0 Å². The molecule has 1 aliphatic rings.